The third kappa shape index (κ3) is 1.88. The predicted molar refractivity (Wildman–Crippen MR) is 47.1 cm³/mol. The van der Waals surface area contributed by atoms with E-state index >= 15 is 0 Å². The molecule has 0 saturated carbocycles. The van der Waals surface area contributed by atoms with E-state index in [0.717, 1.165) is 6.20 Å². The molecule has 0 N–H and O–H groups in total. The summed E-state index contributed by atoms with van der Waals surface area (Å²) in [4.78, 5) is 14.9. The molecule has 1 rings (SSSR count). The van der Waals surface area contributed by atoms with Gasteiger partial charge in [0.25, 0.3) is 0 Å². The van der Waals surface area contributed by atoms with Crippen molar-refractivity contribution in [1.29, 1.82) is 0 Å². The molecule has 0 aliphatic carbocycles. The van der Waals surface area contributed by atoms with Crippen LogP contribution in [-0.2, 0) is 0 Å². The van der Waals surface area contributed by atoms with Crippen molar-refractivity contribution in [2.75, 3.05) is 5.33 Å². The zero-order chi connectivity index (χ0) is 9.14. The third-order valence-corrected chi connectivity index (χ3v) is 1.98. The van der Waals surface area contributed by atoms with Gasteiger partial charge in [-0.1, -0.05) is 15.9 Å². The zero-order valence-electron chi connectivity index (χ0n) is 6.47. The molecular weight excluding hydrogens is 225 g/mol. The van der Waals surface area contributed by atoms with Crippen LogP contribution in [0.3, 0.4) is 0 Å². The topological polar surface area (TPSA) is 30.0 Å². The molecule has 1 heterocycles. The van der Waals surface area contributed by atoms with Crippen LogP contribution in [0.4, 0.5) is 4.39 Å². The van der Waals surface area contributed by atoms with Gasteiger partial charge in [0.05, 0.1) is 11.5 Å². The number of ketones is 1. The van der Waals surface area contributed by atoms with Crippen LogP contribution in [0.15, 0.2) is 12.3 Å². The second-order valence-corrected chi connectivity index (χ2v) is 2.90. The molecule has 0 aliphatic heterocycles. The lowest BCUT2D eigenvalue weighted by atomic mass is 10.1. The molecule has 0 fully saturated rings. The number of hydrogen-bond donors (Lipinski definition) is 0. The summed E-state index contributed by atoms with van der Waals surface area (Å²) in [7, 11) is 0. The molecule has 0 atom stereocenters. The number of aromatic nitrogens is 1. The normalized spacial score (nSPS) is 9.92. The van der Waals surface area contributed by atoms with Gasteiger partial charge in [-0.3, -0.25) is 9.78 Å². The minimum atomic E-state index is -0.482. The number of nitrogens with zero attached hydrogens (tertiary/aromatic N) is 1. The molecule has 0 aromatic carbocycles. The molecule has 4 heteroatoms. The minimum absolute atomic E-state index is 0.153. The molecule has 0 unspecified atom stereocenters. The minimum Gasteiger partial charge on any atom is -0.293 e. The first-order chi connectivity index (χ1) is 5.65. The maximum atomic E-state index is 12.6. The number of Topliss-reactive ketones (excluding diaryl/α,β-unsaturated/α-hetero) is 1. The van der Waals surface area contributed by atoms with Gasteiger partial charge in [0.15, 0.2) is 5.78 Å². The summed E-state index contributed by atoms with van der Waals surface area (Å²) in [5, 5.41) is 0.193. The number of alkyl halides is 1. The molecule has 12 heavy (non-hydrogen) atoms. The molecule has 0 saturated heterocycles. The fourth-order valence-corrected chi connectivity index (χ4v) is 1.16. The Morgan fingerprint density at radius 1 is 1.75 bits per heavy atom. The van der Waals surface area contributed by atoms with E-state index < -0.39 is 5.82 Å². The van der Waals surface area contributed by atoms with Crippen LogP contribution in [0, 0.1) is 12.7 Å². The largest absolute Gasteiger partial charge is 0.293 e. The molecule has 2 nitrogen and oxygen atoms in total. The Bertz CT molecular complexity index is 314. The number of carbonyl (C=O) groups excluding carboxylic acids is 1. The van der Waals surface area contributed by atoms with E-state index in [1.807, 2.05) is 0 Å². The van der Waals surface area contributed by atoms with Crippen molar-refractivity contribution in [2.24, 2.45) is 0 Å². The van der Waals surface area contributed by atoms with E-state index in [1.165, 1.54) is 6.07 Å². The standard InChI is InChI=1S/C8H7BrFNO/c1-5-7(8(12)3-9)2-6(10)4-11-5/h2,4H,3H2,1H3. The van der Waals surface area contributed by atoms with E-state index in [1.54, 1.807) is 6.92 Å². The van der Waals surface area contributed by atoms with Gasteiger partial charge >= 0.3 is 0 Å². The first-order valence-electron chi connectivity index (χ1n) is 3.36. The van der Waals surface area contributed by atoms with Gasteiger partial charge in [0.1, 0.15) is 5.82 Å². The maximum Gasteiger partial charge on any atom is 0.175 e. The number of aryl methyl sites for hydroxylation is 1. The average Bonchev–Trinajstić information content (AvgIpc) is 2.08. The fraction of sp³-hybridized carbons (Fsp3) is 0.250. The van der Waals surface area contributed by atoms with Crippen molar-refractivity contribution < 1.29 is 9.18 Å². The molecule has 1 aromatic heterocycles. The summed E-state index contributed by atoms with van der Waals surface area (Å²) in [5.41, 5.74) is 0.896. The highest BCUT2D eigenvalue weighted by Gasteiger charge is 2.08. The van der Waals surface area contributed by atoms with Crippen molar-refractivity contribution >= 4 is 21.7 Å². The highest BCUT2D eigenvalue weighted by molar-refractivity contribution is 9.09. The van der Waals surface area contributed by atoms with Gasteiger partial charge < -0.3 is 0 Å². The molecule has 1 aromatic rings. The fourth-order valence-electron chi connectivity index (χ4n) is 0.862. The Morgan fingerprint density at radius 2 is 2.42 bits per heavy atom. The van der Waals surface area contributed by atoms with E-state index in [-0.39, 0.29) is 11.1 Å². The molecule has 0 spiro atoms. The van der Waals surface area contributed by atoms with Gasteiger partial charge in [0, 0.05) is 11.3 Å². The number of rotatable bonds is 2. The Labute approximate surface area is 77.9 Å². The summed E-state index contributed by atoms with van der Waals surface area (Å²) in [5.74, 6) is -0.635. The lowest BCUT2D eigenvalue weighted by molar-refractivity contribution is 0.102. The zero-order valence-corrected chi connectivity index (χ0v) is 8.06. The summed E-state index contributed by atoms with van der Waals surface area (Å²) in [6.07, 6.45) is 1.10. The van der Waals surface area contributed by atoms with E-state index in [0.29, 0.717) is 11.3 Å². The molecule has 0 aliphatic rings. The molecular formula is C8H7BrFNO. The van der Waals surface area contributed by atoms with Gasteiger partial charge in [-0.2, -0.15) is 0 Å². The number of halogens is 2. The van der Waals surface area contributed by atoms with Crippen molar-refractivity contribution in [3.8, 4) is 0 Å². The van der Waals surface area contributed by atoms with E-state index in [2.05, 4.69) is 20.9 Å². The summed E-state index contributed by atoms with van der Waals surface area (Å²) < 4.78 is 12.6. The average molecular weight is 232 g/mol. The Balaban J connectivity index is 3.13. The molecule has 0 bridgehead atoms. The Hall–Kier alpha value is -0.770. The smallest absolute Gasteiger partial charge is 0.175 e. The summed E-state index contributed by atoms with van der Waals surface area (Å²) >= 11 is 3.01. The highest BCUT2D eigenvalue weighted by Crippen LogP contribution is 2.08. The molecule has 0 amide bonds. The van der Waals surface area contributed by atoms with Gasteiger partial charge in [-0.15, -0.1) is 0 Å². The highest BCUT2D eigenvalue weighted by atomic mass is 79.9. The van der Waals surface area contributed by atoms with Gasteiger partial charge in [-0.05, 0) is 13.0 Å². The van der Waals surface area contributed by atoms with Crippen LogP contribution < -0.4 is 0 Å². The lowest BCUT2D eigenvalue weighted by Crippen LogP contribution is -2.04. The first kappa shape index (κ1) is 9.32. The van der Waals surface area contributed by atoms with Crippen LogP contribution >= 0.6 is 15.9 Å². The van der Waals surface area contributed by atoms with Crippen LogP contribution in [0.1, 0.15) is 16.1 Å². The number of pyridine rings is 1. The van der Waals surface area contributed by atoms with Crippen LogP contribution in [-0.4, -0.2) is 16.1 Å². The van der Waals surface area contributed by atoms with Crippen molar-refractivity contribution in [2.45, 2.75) is 6.92 Å². The van der Waals surface area contributed by atoms with Crippen LogP contribution in [0.5, 0.6) is 0 Å². The van der Waals surface area contributed by atoms with Crippen molar-refractivity contribution in [3.63, 3.8) is 0 Å². The van der Waals surface area contributed by atoms with E-state index in [4.69, 9.17) is 0 Å². The predicted octanol–water partition coefficient (Wildman–Crippen LogP) is 2.11. The van der Waals surface area contributed by atoms with Crippen molar-refractivity contribution in [3.05, 3.63) is 29.3 Å². The third-order valence-electron chi connectivity index (χ3n) is 1.48. The lowest BCUT2D eigenvalue weighted by Gasteiger charge is -2.00. The monoisotopic (exact) mass is 231 g/mol. The second-order valence-electron chi connectivity index (χ2n) is 2.34. The first-order valence-corrected chi connectivity index (χ1v) is 4.48. The van der Waals surface area contributed by atoms with Crippen molar-refractivity contribution in [1.82, 2.24) is 4.98 Å². The van der Waals surface area contributed by atoms with Crippen LogP contribution in [0.25, 0.3) is 0 Å². The Morgan fingerprint density at radius 3 is 3.00 bits per heavy atom. The second kappa shape index (κ2) is 3.76. The van der Waals surface area contributed by atoms with Crippen LogP contribution in [0.2, 0.25) is 0 Å². The quantitative estimate of drug-likeness (QED) is 0.577. The molecule has 64 valence electrons. The summed E-state index contributed by atoms with van der Waals surface area (Å²) in [6, 6.07) is 1.20. The summed E-state index contributed by atoms with van der Waals surface area (Å²) in [6.45, 7) is 1.68. The maximum absolute atomic E-state index is 12.6. The van der Waals surface area contributed by atoms with Gasteiger partial charge in [-0.25, -0.2) is 4.39 Å². The SMILES string of the molecule is Cc1ncc(F)cc1C(=O)CBr. The number of hydrogen-bond acceptors (Lipinski definition) is 2. The van der Waals surface area contributed by atoms with E-state index in [9.17, 15) is 9.18 Å². The Kier molecular flexibility index (Phi) is 2.92. The molecule has 0 radical (unpaired) electrons. The van der Waals surface area contributed by atoms with Gasteiger partial charge in [0.2, 0.25) is 0 Å². The number of carbonyl (C=O) groups is 1.